The number of nitrogens with one attached hydrogen (secondary N) is 2. The lowest BCUT2D eigenvalue weighted by molar-refractivity contribution is -0.117. The van der Waals surface area contributed by atoms with Crippen molar-refractivity contribution >= 4 is 29.6 Å². The summed E-state index contributed by atoms with van der Waals surface area (Å²) in [6, 6.07) is -0.0348. The molecule has 1 aliphatic heterocycles. The van der Waals surface area contributed by atoms with Crippen molar-refractivity contribution in [3.05, 3.63) is 0 Å². The fourth-order valence-corrected chi connectivity index (χ4v) is 3.52. The number of urea groups is 1. The molecule has 0 aromatic carbocycles. The first kappa shape index (κ1) is 19.0. The number of nitrogens with zero attached hydrogens (tertiary/aromatic N) is 4. The normalized spacial score (nSPS) is 17.2. The molecule has 2 fully saturated rings. The van der Waals surface area contributed by atoms with E-state index >= 15 is 0 Å². The lowest BCUT2D eigenvalue weighted by Crippen LogP contribution is -2.40. The van der Waals surface area contributed by atoms with Crippen LogP contribution >= 0.6 is 11.8 Å². The summed E-state index contributed by atoms with van der Waals surface area (Å²) in [6.07, 6.45) is 4.10. The molecule has 0 spiro atoms. The topological polar surface area (TPSA) is 101 Å². The molecule has 10 heteroatoms. The van der Waals surface area contributed by atoms with Crippen LogP contribution in [0, 0.1) is 0 Å². The Morgan fingerprint density at radius 1 is 1.27 bits per heavy atom. The molecule has 0 radical (unpaired) electrons. The molecular formula is C16H26N6O3S. The van der Waals surface area contributed by atoms with E-state index in [9.17, 15) is 9.59 Å². The maximum absolute atomic E-state index is 12.0. The van der Waals surface area contributed by atoms with Crippen LogP contribution in [0.1, 0.15) is 38.6 Å². The number of aromatic nitrogens is 3. The van der Waals surface area contributed by atoms with Crippen molar-refractivity contribution in [1.29, 1.82) is 0 Å². The Hall–Kier alpha value is -1.81. The molecule has 1 saturated carbocycles. The van der Waals surface area contributed by atoms with E-state index < -0.39 is 6.03 Å². The third-order valence-corrected chi connectivity index (χ3v) is 5.20. The number of unbranched alkanes of at least 4 members (excludes halogenated alkanes) is 1. The third kappa shape index (κ3) is 5.10. The summed E-state index contributed by atoms with van der Waals surface area (Å²) >= 11 is 1.32. The Morgan fingerprint density at radius 2 is 2.04 bits per heavy atom. The number of thioether (sulfide) groups is 1. The van der Waals surface area contributed by atoms with Crippen LogP contribution in [-0.2, 0) is 9.53 Å². The van der Waals surface area contributed by atoms with E-state index in [0.717, 1.165) is 49.9 Å². The maximum atomic E-state index is 12.0. The van der Waals surface area contributed by atoms with Gasteiger partial charge >= 0.3 is 6.03 Å². The van der Waals surface area contributed by atoms with E-state index in [4.69, 9.17) is 4.74 Å². The average molecular weight is 382 g/mol. The maximum Gasteiger partial charge on any atom is 0.321 e. The van der Waals surface area contributed by atoms with Crippen molar-refractivity contribution in [3.8, 4) is 0 Å². The Kier molecular flexibility index (Phi) is 6.73. The van der Waals surface area contributed by atoms with Gasteiger partial charge in [0.25, 0.3) is 0 Å². The first-order valence-electron chi connectivity index (χ1n) is 9.17. The molecule has 0 bridgehead atoms. The molecular weight excluding hydrogens is 356 g/mol. The molecule has 3 amide bonds. The smallest absolute Gasteiger partial charge is 0.321 e. The van der Waals surface area contributed by atoms with Crippen molar-refractivity contribution in [2.75, 3.05) is 43.5 Å². The third-order valence-electron chi connectivity index (χ3n) is 4.25. The Labute approximate surface area is 157 Å². The summed E-state index contributed by atoms with van der Waals surface area (Å²) in [5.74, 6) is 0.660. The van der Waals surface area contributed by atoms with E-state index in [0.29, 0.717) is 25.8 Å². The SMILES string of the molecule is CCCCNC(=O)NC(=O)CSc1nnc(N2CCOCC2)n1C1CC1. The van der Waals surface area contributed by atoms with E-state index in [1.165, 1.54) is 11.8 Å². The summed E-state index contributed by atoms with van der Waals surface area (Å²) in [5, 5.41) is 14.4. The van der Waals surface area contributed by atoms with Crippen LogP contribution in [0.15, 0.2) is 5.16 Å². The second kappa shape index (κ2) is 9.22. The van der Waals surface area contributed by atoms with Crippen LogP contribution in [0.25, 0.3) is 0 Å². The van der Waals surface area contributed by atoms with Gasteiger partial charge < -0.3 is 15.0 Å². The number of hydrogen-bond donors (Lipinski definition) is 2. The van der Waals surface area contributed by atoms with Crippen LogP contribution in [0.2, 0.25) is 0 Å². The second-order valence-electron chi connectivity index (χ2n) is 6.43. The van der Waals surface area contributed by atoms with Gasteiger partial charge in [-0.3, -0.25) is 14.7 Å². The number of morpholine rings is 1. The number of carbonyl (C=O) groups excluding carboxylic acids is 2. The van der Waals surface area contributed by atoms with Crippen LogP contribution < -0.4 is 15.5 Å². The van der Waals surface area contributed by atoms with Crippen LogP contribution in [0.4, 0.5) is 10.7 Å². The van der Waals surface area contributed by atoms with E-state index in [-0.39, 0.29) is 11.7 Å². The molecule has 0 atom stereocenters. The molecule has 3 rings (SSSR count). The molecule has 1 saturated heterocycles. The summed E-state index contributed by atoms with van der Waals surface area (Å²) in [7, 11) is 0. The van der Waals surface area contributed by atoms with Crippen molar-refractivity contribution in [2.24, 2.45) is 0 Å². The van der Waals surface area contributed by atoms with Crippen molar-refractivity contribution in [2.45, 2.75) is 43.8 Å². The van der Waals surface area contributed by atoms with E-state index in [1.54, 1.807) is 0 Å². The summed E-state index contributed by atoms with van der Waals surface area (Å²) in [6.45, 7) is 5.59. The number of imide groups is 1. The van der Waals surface area contributed by atoms with Gasteiger partial charge in [0.2, 0.25) is 11.9 Å². The molecule has 1 aliphatic carbocycles. The minimum absolute atomic E-state index is 0.134. The highest BCUT2D eigenvalue weighted by atomic mass is 32.2. The standard InChI is InChI=1S/C16H26N6O3S/c1-2-3-6-17-14(24)18-13(23)11-26-16-20-19-15(22(16)12-4-5-12)21-7-9-25-10-8-21/h12H,2-11H2,1H3,(H2,17,18,23,24). The van der Waals surface area contributed by atoms with Gasteiger partial charge in [-0.15, -0.1) is 10.2 Å². The number of carbonyl (C=O) groups is 2. The molecule has 2 heterocycles. The zero-order chi connectivity index (χ0) is 18.4. The molecule has 26 heavy (non-hydrogen) atoms. The highest BCUT2D eigenvalue weighted by molar-refractivity contribution is 7.99. The van der Waals surface area contributed by atoms with Gasteiger partial charge in [-0.05, 0) is 19.3 Å². The average Bonchev–Trinajstić information content (AvgIpc) is 3.40. The predicted octanol–water partition coefficient (Wildman–Crippen LogP) is 1.17. The molecule has 1 aromatic rings. The molecule has 9 nitrogen and oxygen atoms in total. The number of ether oxygens (including phenoxy) is 1. The molecule has 2 aliphatic rings. The second-order valence-corrected chi connectivity index (χ2v) is 7.37. The van der Waals surface area contributed by atoms with Gasteiger partial charge in [0, 0.05) is 25.7 Å². The number of amides is 3. The predicted molar refractivity (Wildman–Crippen MR) is 98.5 cm³/mol. The van der Waals surface area contributed by atoms with Crippen LogP contribution in [0.5, 0.6) is 0 Å². The lowest BCUT2D eigenvalue weighted by atomic mass is 10.3. The van der Waals surface area contributed by atoms with Gasteiger partial charge in [0.1, 0.15) is 0 Å². The summed E-state index contributed by atoms with van der Waals surface area (Å²) < 4.78 is 7.53. The quantitative estimate of drug-likeness (QED) is 0.514. The van der Waals surface area contributed by atoms with E-state index in [1.807, 2.05) is 6.92 Å². The minimum atomic E-state index is -0.443. The van der Waals surface area contributed by atoms with E-state index in [2.05, 4.69) is 30.3 Å². The van der Waals surface area contributed by atoms with Crippen LogP contribution in [0.3, 0.4) is 0 Å². The summed E-state index contributed by atoms with van der Waals surface area (Å²) in [4.78, 5) is 25.8. The lowest BCUT2D eigenvalue weighted by Gasteiger charge is -2.27. The van der Waals surface area contributed by atoms with Gasteiger partial charge in [-0.25, -0.2) is 4.79 Å². The van der Waals surface area contributed by atoms with Gasteiger partial charge in [0.15, 0.2) is 5.16 Å². The zero-order valence-corrected chi connectivity index (χ0v) is 15.9. The van der Waals surface area contributed by atoms with Crippen molar-refractivity contribution in [3.63, 3.8) is 0 Å². The Bertz CT molecular complexity index is 628. The highest BCUT2D eigenvalue weighted by Crippen LogP contribution is 2.40. The molecule has 2 N–H and O–H groups in total. The minimum Gasteiger partial charge on any atom is -0.378 e. The summed E-state index contributed by atoms with van der Waals surface area (Å²) in [5.41, 5.74) is 0. The first-order valence-corrected chi connectivity index (χ1v) is 10.2. The highest BCUT2D eigenvalue weighted by Gasteiger charge is 2.32. The first-order chi connectivity index (χ1) is 12.7. The van der Waals surface area contributed by atoms with Gasteiger partial charge in [0.05, 0.1) is 19.0 Å². The van der Waals surface area contributed by atoms with Crippen molar-refractivity contribution < 1.29 is 14.3 Å². The number of anilines is 1. The Morgan fingerprint density at radius 3 is 2.73 bits per heavy atom. The van der Waals surface area contributed by atoms with Crippen LogP contribution in [-0.4, -0.2) is 65.3 Å². The fourth-order valence-electron chi connectivity index (χ4n) is 2.71. The van der Waals surface area contributed by atoms with Gasteiger partial charge in [-0.1, -0.05) is 25.1 Å². The van der Waals surface area contributed by atoms with Gasteiger partial charge in [-0.2, -0.15) is 0 Å². The molecule has 0 unspecified atom stereocenters. The Balaban J connectivity index is 1.54. The zero-order valence-electron chi connectivity index (χ0n) is 15.1. The molecule has 1 aromatic heterocycles. The monoisotopic (exact) mass is 382 g/mol. The number of hydrogen-bond acceptors (Lipinski definition) is 7. The largest absolute Gasteiger partial charge is 0.378 e. The molecule has 144 valence electrons. The number of rotatable bonds is 8. The fraction of sp³-hybridized carbons (Fsp3) is 0.750. The van der Waals surface area contributed by atoms with Crippen molar-refractivity contribution in [1.82, 2.24) is 25.4 Å².